The van der Waals surface area contributed by atoms with Crippen LogP contribution in [0.3, 0.4) is 0 Å². The van der Waals surface area contributed by atoms with Gasteiger partial charge in [-0.05, 0) is 31.7 Å². The minimum Gasteiger partial charge on any atom is -0.447 e. The molecule has 2 unspecified atom stereocenters. The normalized spacial score (nSPS) is 25.7. The van der Waals surface area contributed by atoms with Crippen molar-refractivity contribution in [1.29, 1.82) is 0 Å². The van der Waals surface area contributed by atoms with E-state index in [1.807, 2.05) is 0 Å². The Bertz CT molecular complexity index is 560. The minimum absolute atomic E-state index is 0.000777. The summed E-state index contributed by atoms with van der Waals surface area (Å²) in [5.41, 5.74) is 0. The fourth-order valence-electron chi connectivity index (χ4n) is 3.04. The predicted molar refractivity (Wildman–Crippen MR) is 86.5 cm³/mol. The van der Waals surface area contributed by atoms with Crippen LogP contribution in [0.4, 0.5) is 16.6 Å². The molecule has 0 aliphatic carbocycles. The van der Waals surface area contributed by atoms with Gasteiger partial charge in [0.05, 0.1) is 18.2 Å². The maximum absolute atomic E-state index is 12.0. The second kappa shape index (κ2) is 6.70. The number of cyclic esters (lactones) is 1. The summed E-state index contributed by atoms with van der Waals surface area (Å²) in [6, 6.07) is 1.86. The summed E-state index contributed by atoms with van der Waals surface area (Å²) in [6.07, 6.45) is 3.63. The van der Waals surface area contributed by atoms with Crippen molar-refractivity contribution in [3.05, 3.63) is 12.3 Å². The molecule has 3 atom stereocenters. The van der Waals surface area contributed by atoms with Crippen LogP contribution in [0.5, 0.6) is 0 Å². The molecule has 7 heteroatoms. The Labute approximate surface area is 136 Å². The molecule has 1 amide bonds. The molecule has 3 heterocycles. The lowest BCUT2D eigenvalue weighted by Gasteiger charge is -2.24. The highest BCUT2D eigenvalue weighted by Crippen LogP contribution is 2.26. The molecule has 1 aromatic rings. The minimum atomic E-state index is -0.347. The molecule has 2 fully saturated rings. The van der Waals surface area contributed by atoms with E-state index in [9.17, 15) is 4.79 Å². The molecular weight excluding hydrogens is 296 g/mol. The average Bonchev–Trinajstić information content (AvgIpc) is 3.16. The molecule has 2 saturated heterocycles. The van der Waals surface area contributed by atoms with Gasteiger partial charge in [-0.25, -0.2) is 9.78 Å². The molecule has 2 aliphatic rings. The van der Waals surface area contributed by atoms with Crippen LogP contribution < -0.4 is 10.2 Å². The van der Waals surface area contributed by atoms with Crippen LogP contribution in [0.2, 0.25) is 0 Å². The molecule has 0 spiro atoms. The van der Waals surface area contributed by atoms with E-state index in [4.69, 9.17) is 9.47 Å². The Morgan fingerprint density at radius 1 is 1.39 bits per heavy atom. The number of anilines is 2. The Morgan fingerprint density at radius 3 is 2.91 bits per heavy atom. The molecular formula is C16H24N4O3. The van der Waals surface area contributed by atoms with E-state index in [0.717, 1.165) is 19.4 Å². The molecule has 0 saturated carbocycles. The number of rotatable bonds is 5. The first-order valence-corrected chi connectivity index (χ1v) is 8.23. The number of aromatic nitrogens is 2. The summed E-state index contributed by atoms with van der Waals surface area (Å²) in [7, 11) is 0. The number of carbonyl (C=O) groups is 1. The molecule has 0 bridgehead atoms. The van der Waals surface area contributed by atoms with Crippen LogP contribution in [0.15, 0.2) is 12.3 Å². The summed E-state index contributed by atoms with van der Waals surface area (Å²) in [5, 5.41) is 3.28. The predicted octanol–water partition coefficient (Wildman–Crippen LogP) is 2.44. The number of hydrogen-bond acceptors (Lipinski definition) is 6. The molecule has 7 nitrogen and oxygen atoms in total. The maximum Gasteiger partial charge on any atom is 0.415 e. The van der Waals surface area contributed by atoms with Gasteiger partial charge in [0, 0.05) is 12.8 Å². The summed E-state index contributed by atoms with van der Waals surface area (Å²) < 4.78 is 10.9. The Kier molecular flexibility index (Phi) is 4.66. The monoisotopic (exact) mass is 320 g/mol. The van der Waals surface area contributed by atoms with E-state index in [2.05, 4.69) is 36.1 Å². The van der Waals surface area contributed by atoms with Gasteiger partial charge in [0.2, 0.25) is 5.95 Å². The van der Waals surface area contributed by atoms with Crippen molar-refractivity contribution in [3.8, 4) is 0 Å². The number of ether oxygens (including phenoxy) is 2. The second-order valence-electron chi connectivity index (χ2n) is 6.48. The molecule has 0 aromatic carbocycles. The van der Waals surface area contributed by atoms with Crippen LogP contribution >= 0.6 is 0 Å². The first-order valence-electron chi connectivity index (χ1n) is 8.23. The average molecular weight is 320 g/mol. The fraction of sp³-hybridized carbons (Fsp3) is 0.688. The van der Waals surface area contributed by atoms with E-state index in [-0.39, 0.29) is 24.3 Å². The Hall–Kier alpha value is -1.89. The summed E-state index contributed by atoms with van der Waals surface area (Å²) in [6.45, 7) is 7.41. The van der Waals surface area contributed by atoms with Gasteiger partial charge in [0.1, 0.15) is 12.4 Å². The second-order valence-corrected chi connectivity index (χ2v) is 6.48. The van der Waals surface area contributed by atoms with Crippen LogP contribution in [0.1, 0.15) is 33.6 Å². The summed E-state index contributed by atoms with van der Waals surface area (Å²) in [4.78, 5) is 22.4. The number of nitrogens with one attached hydrogen (secondary N) is 1. The van der Waals surface area contributed by atoms with Gasteiger partial charge >= 0.3 is 6.09 Å². The van der Waals surface area contributed by atoms with Crippen LogP contribution in [0.25, 0.3) is 0 Å². The highest BCUT2D eigenvalue weighted by Gasteiger charge is 2.37. The lowest BCUT2D eigenvalue weighted by atomic mass is 10.0. The topological polar surface area (TPSA) is 76.6 Å². The molecule has 3 rings (SSSR count). The molecule has 1 N–H and O–H groups in total. The van der Waals surface area contributed by atoms with Gasteiger partial charge in [-0.2, -0.15) is 4.98 Å². The lowest BCUT2D eigenvalue weighted by Crippen LogP contribution is -2.38. The van der Waals surface area contributed by atoms with Gasteiger partial charge < -0.3 is 14.8 Å². The molecule has 126 valence electrons. The van der Waals surface area contributed by atoms with Crippen molar-refractivity contribution in [2.24, 2.45) is 5.92 Å². The first-order chi connectivity index (χ1) is 11.1. The van der Waals surface area contributed by atoms with Crippen molar-refractivity contribution in [2.45, 2.75) is 51.8 Å². The fourth-order valence-corrected chi connectivity index (χ4v) is 3.04. The molecule has 0 radical (unpaired) electrons. The molecule has 1 aromatic heterocycles. The van der Waals surface area contributed by atoms with Crippen LogP contribution in [-0.2, 0) is 9.47 Å². The van der Waals surface area contributed by atoms with E-state index >= 15 is 0 Å². The Morgan fingerprint density at radius 2 is 2.22 bits per heavy atom. The molecule has 2 aliphatic heterocycles. The highest BCUT2D eigenvalue weighted by molar-refractivity contribution is 5.89. The van der Waals surface area contributed by atoms with Gasteiger partial charge in [-0.3, -0.25) is 4.90 Å². The number of hydrogen-bond donors (Lipinski definition) is 1. The van der Waals surface area contributed by atoms with E-state index in [1.54, 1.807) is 17.2 Å². The molecule has 23 heavy (non-hydrogen) atoms. The van der Waals surface area contributed by atoms with E-state index < -0.39 is 0 Å². The van der Waals surface area contributed by atoms with E-state index in [1.165, 1.54) is 0 Å². The van der Waals surface area contributed by atoms with Gasteiger partial charge in [-0.1, -0.05) is 13.8 Å². The summed E-state index contributed by atoms with van der Waals surface area (Å²) >= 11 is 0. The maximum atomic E-state index is 12.0. The highest BCUT2D eigenvalue weighted by atomic mass is 16.6. The zero-order valence-corrected chi connectivity index (χ0v) is 13.9. The zero-order valence-electron chi connectivity index (χ0n) is 13.9. The van der Waals surface area contributed by atoms with E-state index in [0.29, 0.717) is 24.3 Å². The van der Waals surface area contributed by atoms with Crippen LogP contribution in [0, 0.1) is 5.92 Å². The summed E-state index contributed by atoms with van der Waals surface area (Å²) in [5.74, 6) is 1.37. The third kappa shape index (κ3) is 3.39. The van der Waals surface area contributed by atoms with Crippen molar-refractivity contribution in [1.82, 2.24) is 9.97 Å². The number of carbonyl (C=O) groups excluding carboxylic acids is 1. The number of nitrogens with zero attached hydrogens (tertiary/aromatic N) is 3. The Balaban J connectivity index is 1.75. The van der Waals surface area contributed by atoms with Crippen molar-refractivity contribution >= 4 is 17.9 Å². The van der Waals surface area contributed by atoms with Crippen molar-refractivity contribution < 1.29 is 14.3 Å². The third-order valence-electron chi connectivity index (χ3n) is 4.44. The third-order valence-corrected chi connectivity index (χ3v) is 4.44. The van der Waals surface area contributed by atoms with Crippen molar-refractivity contribution in [3.63, 3.8) is 0 Å². The van der Waals surface area contributed by atoms with Crippen LogP contribution in [-0.4, -0.2) is 47.5 Å². The van der Waals surface area contributed by atoms with Crippen molar-refractivity contribution in [2.75, 3.05) is 23.4 Å². The number of amides is 1. The SMILES string of the molecule is CC(Nc1nccc(N2C(=O)OC[C@@H]2C(C)C)n1)C1CCCO1. The first kappa shape index (κ1) is 16.0. The quantitative estimate of drug-likeness (QED) is 0.898. The lowest BCUT2D eigenvalue weighted by molar-refractivity contribution is 0.0994. The smallest absolute Gasteiger partial charge is 0.415 e. The zero-order chi connectivity index (χ0) is 16.4. The standard InChI is InChI=1S/C16H24N4O3/c1-10(2)12-9-23-16(21)20(12)14-6-7-17-15(19-14)18-11(3)13-5-4-8-22-13/h6-7,10-13H,4-5,8-9H2,1-3H3,(H,17,18,19)/t11?,12-,13?/m1/s1. The largest absolute Gasteiger partial charge is 0.447 e. The van der Waals surface area contributed by atoms with Gasteiger partial charge in [-0.15, -0.1) is 0 Å². The van der Waals surface area contributed by atoms with Gasteiger partial charge in [0.15, 0.2) is 0 Å². The van der Waals surface area contributed by atoms with Gasteiger partial charge in [0.25, 0.3) is 0 Å².